The molecule has 198 valence electrons. The maximum atomic E-state index is 13.6. The first-order valence-electron chi connectivity index (χ1n) is 12.7. The molecule has 0 saturated carbocycles. The third-order valence-electron chi connectivity index (χ3n) is 6.26. The van der Waals surface area contributed by atoms with Gasteiger partial charge in [-0.1, -0.05) is 74.0 Å². The molecule has 4 rings (SSSR count). The molecular weight excluding hydrogens is 503 g/mol. The van der Waals surface area contributed by atoms with Crippen LogP contribution in [0.3, 0.4) is 0 Å². The lowest BCUT2D eigenvalue weighted by Crippen LogP contribution is -2.46. The molecule has 0 bridgehead atoms. The Kier molecular flexibility index (Phi) is 9.02. The number of urea groups is 1. The molecule has 0 unspecified atom stereocenters. The molecule has 2 N–H and O–H groups in total. The zero-order valence-corrected chi connectivity index (χ0v) is 22.3. The minimum atomic E-state index is -0.564. The Hall–Kier alpha value is -3.84. The van der Waals surface area contributed by atoms with E-state index in [0.717, 1.165) is 22.0 Å². The molecule has 0 atom stereocenters. The van der Waals surface area contributed by atoms with E-state index < -0.39 is 11.8 Å². The van der Waals surface area contributed by atoms with Gasteiger partial charge in [0, 0.05) is 42.4 Å². The summed E-state index contributed by atoms with van der Waals surface area (Å²) in [4.78, 5) is 33.4. The third-order valence-corrected chi connectivity index (χ3v) is 6.55. The van der Waals surface area contributed by atoms with Crippen molar-refractivity contribution < 1.29 is 14.0 Å². The summed E-state index contributed by atoms with van der Waals surface area (Å²) in [5, 5.41) is 3.80. The van der Waals surface area contributed by atoms with Crippen LogP contribution < -0.4 is 5.32 Å². The topological polar surface area (TPSA) is 68.4 Å². The van der Waals surface area contributed by atoms with Crippen LogP contribution in [0.25, 0.3) is 10.9 Å². The largest absolute Gasteiger partial charge is 0.361 e. The van der Waals surface area contributed by atoms with E-state index in [2.05, 4.69) is 16.4 Å². The number of fused-ring (bicyclic) bond motifs is 1. The fraction of sp³-hybridized carbons (Fsp3) is 0.267. The fourth-order valence-corrected chi connectivity index (χ4v) is 4.57. The molecular formula is C30H32ClFN4O2. The highest BCUT2D eigenvalue weighted by Gasteiger charge is 2.23. The van der Waals surface area contributed by atoms with Gasteiger partial charge < -0.3 is 20.1 Å². The predicted molar refractivity (Wildman–Crippen MR) is 151 cm³/mol. The first kappa shape index (κ1) is 27.2. The van der Waals surface area contributed by atoms with E-state index in [0.29, 0.717) is 31.7 Å². The number of carbonyl (C=O) groups excluding carboxylic acids is 2. The van der Waals surface area contributed by atoms with Gasteiger partial charge in [0.05, 0.1) is 5.02 Å². The molecule has 8 heteroatoms. The Balaban J connectivity index is 1.50. The van der Waals surface area contributed by atoms with E-state index in [1.165, 1.54) is 23.1 Å². The second kappa shape index (κ2) is 12.6. The molecule has 6 nitrogen and oxygen atoms in total. The number of benzene rings is 3. The van der Waals surface area contributed by atoms with Crippen molar-refractivity contribution >= 4 is 40.1 Å². The van der Waals surface area contributed by atoms with Crippen LogP contribution in [0, 0.1) is 11.7 Å². The van der Waals surface area contributed by atoms with Gasteiger partial charge in [-0.05, 0) is 47.7 Å². The Bertz CT molecular complexity index is 1390. The van der Waals surface area contributed by atoms with E-state index in [9.17, 15) is 14.0 Å². The molecule has 3 aromatic carbocycles. The zero-order valence-electron chi connectivity index (χ0n) is 21.6. The highest BCUT2D eigenvalue weighted by molar-refractivity contribution is 6.31. The van der Waals surface area contributed by atoms with Crippen LogP contribution in [0.1, 0.15) is 25.0 Å². The first-order chi connectivity index (χ1) is 18.3. The number of hydrogen-bond acceptors (Lipinski definition) is 2. The highest BCUT2D eigenvalue weighted by atomic mass is 35.5. The van der Waals surface area contributed by atoms with Crippen molar-refractivity contribution in [3.8, 4) is 0 Å². The number of aromatic amines is 1. The molecule has 38 heavy (non-hydrogen) atoms. The molecule has 0 fully saturated rings. The molecule has 0 aliphatic carbocycles. The van der Waals surface area contributed by atoms with Crippen LogP contribution >= 0.6 is 11.6 Å². The highest BCUT2D eigenvalue weighted by Crippen LogP contribution is 2.21. The van der Waals surface area contributed by atoms with E-state index >= 15 is 0 Å². The van der Waals surface area contributed by atoms with Crippen molar-refractivity contribution in [1.29, 1.82) is 0 Å². The third kappa shape index (κ3) is 7.13. The Morgan fingerprint density at radius 2 is 1.74 bits per heavy atom. The number of aromatic nitrogens is 1. The first-order valence-corrected chi connectivity index (χ1v) is 13.1. The van der Waals surface area contributed by atoms with Gasteiger partial charge in [-0.15, -0.1) is 0 Å². The number of nitrogens with zero attached hydrogens (tertiary/aromatic N) is 2. The van der Waals surface area contributed by atoms with Gasteiger partial charge in [-0.3, -0.25) is 4.79 Å². The van der Waals surface area contributed by atoms with Crippen LogP contribution in [0.2, 0.25) is 5.02 Å². The van der Waals surface area contributed by atoms with Gasteiger partial charge in [0.25, 0.3) is 0 Å². The van der Waals surface area contributed by atoms with Gasteiger partial charge in [0.1, 0.15) is 12.4 Å². The van der Waals surface area contributed by atoms with Crippen LogP contribution in [0.4, 0.5) is 14.9 Å². The van der Waals surface area contributed by atoms with Gasteiger partial charge in [-0.25, -0.2) is 9.18 Å². The lowest BCUT2D eigenvalue weighted by Gasteiger charge is -2.29. The smallest absolute Gasteiger partial charge is 0.322 e. The van der Waals surface area contributed by atoms with Crippen molar-refractivity contribution in [2.45, 2.75) is 26.8 Å². The summed E-state index contributed by atoms with van der Waals surface area (Å²) in [5.41, 5.74) is 3.57. The van der Waals surface area contributed by atoms with Crippen LogP contribution in [0.15, 0.2) is 79.0 Å². The van der Waals surface area contributed by atoms with Crippen molar-refractivity contribution in [3.63, 3.8) is 0 Å². The lowest BCUT2D eigenvalue weighted by atomic mass is 10.1. The number of hydrogen-bond donors (Lipinski definition) is 2. The standard InChI is InChI=1S/C30H32ClFN4O2/c1-21(2)18-36(30(38)34-24-12-13-27(32)26(31)16-24)20-29(37)35(19-22-8-4-3-5-9-22)15-14-23-17-33-28-11-7-6-10-25(23)28/h3-13,16-17,21,33H,14-15,18-20H2,1-2H3,(H,34,38). The average Bonchev–Trinajstić information content (AvgIpc) is 3.31. The maximum absolute atomic E-state index is 13.6. The Labute approximate surface area is 227 Å². The molecule has 0 radical (unpaired) electrons. The Morgan fingerprint density at radius 3 is 2.47 bits per heavy atom. The minimum absolute atomic E-state index is 0.0828. The summed E-state index contributed by atoms with van der Waals surface area (Å²) in [6.07, 6.45) is 2.66. The van der Waals surface area contributed by atoms with Crippen molar-refractivity contribution in [1.82, 2.24) is 14.8 Å². The van der Waals surface area contributed by atoms with Gasteiger partial charge in [-0.2, -0.15) is 0 Å². The summed E-state index contributed by atoms with van der Waals surface area (Å²) < 4.78 is 13.6. The van der Waals surface area contributed by atoms with E-state index in [-0.39, 0.29) is 23.4 Å². The normalized spacial score (nSPS) is 11.1. The van der Waals surface area contributed by atoms with Crippen molar-refractivity contribution in [3.05, 3.63) is 101 Å². The maximum Gasteiger partial charge on any atom is 0.322 e. The molecule has 0 spiro atoms. The zero-order chi connectivity index (χ0) is 27.1. The van der Waals surface area contributed by atoms with Crippen molar-refractivity contribution in [2.24, 2.45) is 5.92 Å². The van der Waals surface area contributed by atoms with Crippen LogP contribution in [-0.4, -0.2) is 46.4 Å². The number of carbonyl (C=O) groups is 2. The van der Waals surface area contributed by atoms with Crippen LogP contribution in [0.5, 0.6) is 0 Å². The quantitative estimate of drug-likeness (QED) is 0.237. The summed E-state index contributed by atoms with van der Waals surface area (Å²) in [7, 11) is 0. The second-order valence-electron chi connectivity index (χ2n) is 9.74. The molecule has 4 aromatic rings. The summed E-state index contributed by atoms with van der Waals surface area (Å²) in [6.45, 7) is 5.21. The minimum Gasteiger partial charge on any atom is -0.361 e. The number of rotatable bonds is 10. The SMILES string of the molecule is CC(C)CN(CC(=O)N(CCc1c[nH]c2ccccc12)Cc1ccccc1)C(=O)Nc1ccc(F)c(Cl)c1. The second-order valence-corrected chi connectivity index (χ2v) is 10.2. The number of anilines is 1. The molecule has 1 heterocycles. The Morgan fingerprint density at radius 1 is 1.00 bits per heavy atom. The molecule has 0 aliphatic rings. The molecule has 3 amide bonds. The number of para-hydroxylation sites is 1. The van der Waals surface area contributed by atoms with Gasteiger partial charge >= 0.3 is 6.03 Å². The van der Waals surface area contributed by atoms with E-state index in [1.54, 1.807) is 4.90 Å². The number of H-pyrrole nitrogens is 1. The fourth-order valence-electron chi connectivity index (χ4n) is 4.39. The van der Waals surface area contributed by atoms with Crippen molar-refractivity contribution in [2.75, 3.05) is 25.0 Å². The number of nitrogens with one attached hydrogen (secondary N) is 2. The number of amides is 3. The predicted octanol–water partition coefficient (Wildman–Crippen LogP) is 6.72. The summed E-state index contributed by atoms with van der Waals surface area (Å²) >= 11 is 5.87. The monoisotopic (exact) mass is 534 g/mol. The lowest BCUT2D eigenvalue weighted by molar-refractivity contribution is -0.132. The van der Waals surface area contributed by atoms with E-state index in [4.69, 9.17) is 11.6 Å². The van der Waals surface area contributed by atoms with E-state index in [1.807, 2.05) is 68.6 Å². The molecule has 0 saturated heterocycles. The summed E-state index contributed by atoms with van der Waals surface area (Å²) in [6, 6.07) is 21.5. The van der Waals surface area contributed by atoms with Gasteiger partial charge in [0.15, 0.2) is 0 Å². The summed E-state index contributed by atoms with van der Waals surface area (Å²) in [5.74, 6) is -0.577. The molecule has 1 aromatic heterocycles. The number of halogens is 2. The van der Waals surface area contributed by atoms with Crippen LogP contribution in [-0.2, 0) is 17.8 Å². The van der Waals surface area contributed by atoms with Gasteiger partial charge in [0.2, 0.25) is 5.91 Å². The molecule has 0 aliphatic heterocycles. The average molecular weight is 535 g/mol.